The number of benzene rings is 1. The number of anilines is 1. The van der Waals surface area contributed by atoms with Crippen LogP contribution in [0.3, 0.4) is 0 Å². The lowest BCUT2D eigenvalue weighted by molar-refractivity contribution is -0.124. The first-order chi connectivity index (χ1) is 12.7. The van der Waals surface area contributed by atoms with Crippen molar-refractivity contribution in [3.8, 4) is 0 Å². The van der Waals surface area contributed by atoms with Gasteiger partial charge < -0.3 is 15.5 Å². The summed E-state index contributed by atoms with van der Waals surface area (Å²) in [7, 11) is 0. The van der Waals surface area contributed by atoms with Crippen molar-refractivity contribution in [1.29, 1.82) is 0 Å². The third kappa shape index (κ3) is 5.01. The maximum Gasteiger partial charge on any atom is 0.238 e. The van der Waals surface area contributed by atoms with Gasteiger partial charge in [-0.25, -0.2) is 0 Å². The number of nitrogens with one attached hydrogen (secondary N) is 2. The Labute approximate surface area is 160 Å². The molecular formula is C20H29N3O2S. The molecule has 0 radical (unpaired) electrons. The van der Waals surface area contributed by atoms with E-state index in [2.05, 4.69) is 22.5 Å². The van der Waals surface area contributed by atoms with Crippen LogP contribution in [0.2, 0.25) is 0 Å². The Kier molecular flexibility index (Phi) is 6.97. The number of carbonyl (C=O) groups is 2. The van der Waals surface area contributed by atoms with E-state index in [9.17, 15) is 9.59 Å². The van der Waals surface area contributed by atoms with Crippen LogP contribution in [-0.4, -0.2) is 47.6 Å². The highest BCUT2D eigenvalue weighted by Gasteiger charge is 2.28. The number of thioether (sulfide) groups is 1. The van der Waals surface area contributed by atoms with Gasteiger partial charge in [0, 0.05) is 30.4 Å². The first kappa shape index (κ1) is 19.2. The van der Waals surface area contributed by atoms with Crippen molar-refractivity contribution < 1.29 is 9.59 Å². The summed E-state index contributed by atoms with van der Waals surface area (Å²) in [6.07, 6.45) is 6.34. The molecule has 26 heavy (non-hydrogen) atoms. The van der Waals surface area contributed by atoms with E-state index in [0.717, 1.165) is 23.5 Å². The average Bonchev–Trinajstić information content (AvgIpc) is 2.66. The number of piperidine rings is 1. The van der Waals surface area contributed by atoms with Gasteiger partial charge in [-0.2, -0.15) is 0 Å². The molecule has 1 fully saturated rings. The van der Waals surface area contributed by atoms with Crippen LogP contribution in [0.15, 0.2) is 29.2 Å². The summed E-state index contributed by atoms with van der Waals surface area (Å²) in [5.74, 6) is -0.120. The zero-order chi connectivity index (χ0) is 18.4. The number of para-hydroxylation sites is 1. The molecule has 2 aliphatic rings. The van der Waals surface area contributed by atoms with E-state index in [0.29, 0.717) is 12.6 Å². The first-order valence-corrected chi connectivity index (χ1v) is 10.6. The molecule has 1 aromatic rings. The maximum atomic E-state index is 12.2. The van der Waals surface area contributed by atoms with Crippen LogP contribution in [0, 0.1) is 0 Å². The van der Waals surface area contributed by atoms with Crippen LogP contribution in [0.4, 0.5) is 5.69 Å². The fourth-order valence-corrected chi connectivity index (χ4v) is 4.90. The highest BCUT2D eigenvalue weighted by atomic mass is 32.2. The van der Waals surface area contributed by atoms with E-state index in [1.165, 1.54) is 44.0 Å². The van der Waals surface area contributed by atoms with Crippen molar-refractivity contribution in [2.45, 2.75) is 61.6 Å². The van der Waals surface area contributed by atoms with Crippen molar-refractivity contribution in [2.75, 3.05) is 25.0 Å². The number of fused-ring (bicyclic) bond motifs is 1. The molecule has 0 aromatic heterocycles. The van der Waals surface area contributed by atoms with Crippen molar-refractivity contribution in [1.82, 2.24) is 10.2 Å². The standard InChI is InChI=1S/C20H29N3O2S/c1-2-15-8-5-6-12-23(15)13-7-11-21-19(24)14-18-20(25)22-16-9-3-4-10-17(16)26-18/h3-4,9-10,15,18H,2,5-8,11-14H2,1H3,(H,21,24)(H,22,25). The number of hydrogen-bond donors (Lipinski definition) is 2. The molecule has 2 N–H and O–H groups in total. The Hall–Kier alpha value is -1.53. The molecule has 2 atom stereocenters. The second-order valence-corrected chi connectivity index (χ2v) is 8.34. The zero-order valence-electron chi connectivity index (χ0n) is 15.5. The van der Waals surface area contributed by atoms with E-state index in [-0.39, 0.29) is 23.5 Å². The summed E-state index contributed by atoms with van der Waals surface area (Å²) in [4.78, 5) is 28.0. The van der Waals surface area contributed by atoms with Gasteiger partial charge in [-0.05, 0) is 44.4 Å². The molecule has 0 saturated carbocycles. The Morgan fingerprint density at radius 1 is 1.35 bits per heavy atom. The van der Waals surface area contributed by atoms with E-state index in [1.54, 1.807) is 0 Å². The molecule has 0 spiro atoms. The fourth-order valence-electron chi connectivity index (χ4n) is 3.79. The summed E-state index contributed by atoms with van der Waals surface area (Å²) in [6, 6.07) is 8.43. The lowest BCUT2D eigenvalue weighted by Gasteiger charge is -2.35. The van der Waals surface area contributed by atoms with E-state index in [1.807, 2.05) is 24.3 Å². The second-order valence-electron chi connectivity index (χ2n) is 7.09. The van der Waals surface area contributed by atoms with Crippen molar-refractivity contribution in [2.24, 2.45) is 0 Å². The average molecular weight is 376 g/mol. The number of carbonyl (C=O) groups excluding carboxylic acids is 2. The highest BCUT2D eigenvalue weighted by Crippen LogP contribution is 2.36. The number of nitrogens with zero attached hydrogens (tertiary/aromatic N) is 1. The summed E-state index contributed by atoms with van der Waals surface area (Å²) < 4.78 is 0. The van der Waals surface area contributed by atoms with Gasteiger partial charge in [0.25, 0.3) is 0 Å². The lowest BCUT2D eigenvalue weighted by Crippen LogP contribution is -2.41. The summed E-state index contributed by atoms with van der Waals surface area (Å²) in [5.41, 5.74) is 0.839. The minimum absolute atomic E-state index is 0.0392. The Bertz CT molecular complexity index is 637. The number of hydrogen-bond acceptors (Lipinski definition) is 4. The second kappa shape index (κ2) is 9.42. The minimum atomic E-state index is -0.350. The summed E-state index contributed by atoms with van der Waals surface area (Å²) in [6.45, 7) is 5.17. The number of amides is 2. The van der Waals surface area contributed by atoms with E-state index < -0.39 is 0 Å². The highest BCUT2D eigenvalue weighted by molar-refractivity contribution is 8.01. The topological polar surface area (TPSA) is 61.4 Å². The molecule has 5 nitrogen and oxygen atoms in total. The molecule has 0 aliphatic carbocycles. The van der Waals surface area contributed by atoms with Gasteiger partial charge >= 0.3 is 0 Å². The Balaban J connectivity index is 1.38. The molecule has 142 valence electrons. The lowest BCUT2D eigenvalue weighted by atomic mass is 10.00. The number of rotatable bonds is 7. The third-order valence-electron chi connectivity index (χ3n) is 5.24. The van der Waals surface area contributed by atoms with Gasteiger partial charge in [0.2, 0.25) is 11.8 Å². The van der Waals surface area contributed by atoms with Crippen LogP contribution >= 0.6 is 11.8 Å². The zero-order valence-corrected chi connectivity index (χ0v) is 16.3. The van der Waals surface area contributed by atoms with Gasteiger partial charge in [0.05, 0.1) is 10.9 Å². The molecule has 6 heteroatoms. The monoisotopic (exact) mass is 375 g/mol. The predicted octanol–water partition coefficient (Wildman–Crippen LogP) is 3.26. The van der Waals surface area contributed by atoms with Crippen LogP contribution in [0.25, 0.3) is 0 Å². The molecule has 2 amide bonds. The normalized spacial score (nSPS) is 23.2. The Morgan fingerprint density at radius 2 is 2.19 bits per heavy atom. The fraction of sp³-hybridized carbons (Fsp3) is 0.600. The largest absolute Gasteiger partial charge is 0.356 e. The quantitative estimate of drug-likeness (QED) is 0.718. The molecule has 1 saturated heterocycles. The summed E-state index contributed by atoms with van der Waals surface area (Å²) in [5, 5.41) is 5.53. The Morgan fingerprint density at radius 3 is 3.04 bits per heavy atom. The molecule has 2 unspecified atom stereocenters. The molecule has 2 heterocycles. The van der Waals surface area contributed by atoms with Gasteiger partial charge in [0.1, 0.15) is 0 Å². The van der Waals surface area contributed by atoms with Gasteiger partial charge in [0.15, 0.2) is 0 Å². The molecule has 0 bridgehead atoms. The molecule has 2 aliphatic heterocycles. The van der Waals surface area contributed by atoms with Crippen molar-refractivity contribution in [3.63, 3.8) is 0 Å². The summed E-state index contributed by atoms with van der Waals surface area (Å²) >= 11 is 1.48. The third-order valence-corrected chi connectivity index (χ3v) is 6.52. The van der Waals surface area contributed by atoms with Crippen LogP contribution in [0.5, 0.6) is 0 Å². The van der Waals surface area contributed by atoms with Crippen LogP contribution < -0.4 is 10.6 Å². The predicted molar refractivity (Wildman–Crippen MR) is 106 cm³/mol. The van der Waals surface area contributed by atoms with Gasteiger partial charge in [-0.3, -0.25) is 9.59 Å². The first-order valence-electron chi connectivity index (χ1n) is 9.74. The van der Waals surface area contributed by atoms with Crippen molar-refractivity contribution in [3.05, 3.63) is 24.3 Å². The van der Waals surface area contributed by atoms with Gasteiger partial charge in [-0.15, -0.1) is 11.8 Å². The van der Waals surface area contributed by atoms with Crippen LogP contribution in [-0.2, 0) is 9.59 Å². The maximum absolute atomic E-state index is 12.2. The SMILES string of the molecule is CCC1CCCCN1CCCNC(=O)CC1Sc2ccccc2NC1=O. The van der Waals surface area contributed by atoms with E-state index >= 15 is 0 Å². The van der Waals surface area contributed by atoms with Gasteiger partial charge in [-0.1, -0.05) is 25.5 Å². The van der Waals surface area contributed by atoms with Crippen molar-refractivity contribution >= 4 is 29.3 Å². The minimum Gasteiger partial charge on any atom is -0.356 e. The van der Waals surface area contributed by atoms with E-state index in [4.69, 9.17) is 0 Å². The van der Waals surface area contributed by atoms with Crippen LogP contribution in [0.1, 0.15) is 45.4 Å². The smallest absolute Gasteiger partial charge is 0.238 e. The molecule has 3 rings (SSSR count). The molecule has 1 aromatic carbocycles. The molecular weight excluding hydrogens is 346 g/mol. The number of likely N-dealkylation sites (tertiary alicyclic amines) is 1.